The molecule has 8 nitrogen and oxygen atoms in total. The molecule has 1 N–H and O–H groups in total. The lowest BCUT2D eigenvalue weighted by atomic mass is 9.82. The average Bonchev–Trinajstić information content (AvgIpc) is 3.28. The number of rotatable bonds is 7. The van der Waals surface area contributed by atoms with Crippen molar-refractivity contribution >= 4 is 29.0 Å². The number of hydrogen-bond acceptors (Lipinski definition) is 6. The van der Waals surface area contributed by atoms with Crippen LogP contribution in [0.1, 0.15) is 17.5 Å². The number of nitrogens with zero attached hydrogens (tertiary/aromatic N) is 3. The maximum Gasteiger partial charge on any atom is 0.296 e. The number of carbonyl (C=O) groups is 3. The van der Waals surface area contributed by atoms with E-state index in [2.05, 4.69) is 11.5 Å². The molecule has 0 unspecified atom stereocenters. The van der Waals surface area contributed by atoms with Gasteiger partial charge in [0.2, 0.25) is 0 Å². The van der Waals surface area contributed by atoms with Gasteiger partial charge in [-0.1, -0.05) is 24.3 Å². The van der Waals surface area contributed by atoms with Crippen molar-refractivity contribution in [3.8, 4) is 0 Å². The van der Waals surface area contributed by atoms with Crippen LogP contribution in [0.15, 0.2) is 66.8 Å². The number of likely N-dealkylation sites (tertiary alicyclic amines) is 1. The van der Waals surface area contributed by atoms with Crippen molar-refractivity contribution in [2.75, 3.05) is 50.8 Å². The quantitative estimate of drug-likeness (QED) is 0.269. The van der Waals surface area contributed by atoms with E-state index in [0.717, 1.165) is 25.2 Å². The molecule has 0 aliphatic carbocycles. The maximum absolute atomic E-state index is 14.2. The number of fused-ring (bicyclic) bond motifs is 2. The van der Waals surface area contributed by atoms with Crippen molar-refractivity contribution in [3.05, 3.63) is 83.7 Å². The lowest BCUT2D eigenvalue weighted by Crippen LogP contribution is -2.52. The highest BCUT2D eigenvalue weighted by Gasteiger charge is 2.66. The zero-order valence-corrected chi connectivity index (χ0v) is 20.4. The first-order valence-electron chi connectivity index (χ1n) is 12.3. The number of morpholine rings is 1. The maximum atomic E-state index is 14.2. The Bertz CT molecular complexity index is 1280. The van der Waals surface area contributed by atoms with E-state index >= 15 is 0 Å². The Labute approximate surface area is 214 Å². The summed E-state index contributed by atoms with van der Waals surface area (Å²) in [5, 5.41) is 11.4. The normalized spacial score (nSPS) is 23.2. The number of aliphatic hydroxyl groups is 1. The van der Waals surface area contributed by atoms with Crippen molar-refractivity contribution in [1.82, 2.24) is 9.80 Å². The van der Waals surface area contributed by atoms with Gasteiger partial charge in [-0.2, -0.15) is 0 Å². The number of amides is 2. The molecule has 0 bridgehead atoms. The van der Waals surface area contributed by atoms with E-state index in [1.54, 1.807) is 30.3 Å². The summed E-state index contributed by atoms with van der Waals surface area (Å²) < 4.78 is 19.0. The van der Waals surface area contributed by atoms with Crippen LogP contribution in [-0.4, -0.2) is 78.4 Å². The molecule has 192 valence electrons. The Morgan fingerprint density at radius 2 is 1.76 bits per heavy atom. The molecule has 2 aromatic rings. The highest BCUT2D eigenvalue weighted by atomic mass is 19.1. The molecule has 9 heteroatoms. The minimum Gasteiger partial charge on any atom is -0.507 e. The number of ether oxygens (including phenoxy) is 1. The zero-order chi connectivity index (χ0) is 26.2. The molecule has 3 aliphatic rings. The number of benzene rings is 2. The Balaban J connectivity index is 1.65. The van der Waals surface area contributed by atoms with E-state index in [4.69, 9.17) is 4.74 Å². The van der Waals surface area contributed by atoms with Crippen molar-refractivity contribution in [3.63, 3.8) is 0 Å². The minimum absolute atomic E-state index is 0.129. The second-order valence-electron chi connectivity index (χ2n) is 9.26. The molecule has 0 saturated carbocycles. The van der Waals surface area contributed by atoms with Crippen LogP contribution in [0, 0.1) is 5.82 Å². The van der Waals surface area contributed by atoms with E-state index in [1.165, 1.54) is 21.9 Å². The number of para-hydroxylation sites is 1. The predicted octanol–water partition coefficient (Wildman–Crippen LogP) is 2.66. The second-order valence-corrected chi connectivity index (χ2v) is 9.26. The SMILES string of the molecule is C=CCN1C(=O)[C@@]2(C(=C(O)c3ccc(F)cc3)C(=O)C(=O)N2CCCN2CCOCC2)c2ccccc21. The standard InChI is InChI=1S/C28H28FN3O5/c1-2-12-31-22-7-4-3-6-21(22)28(27(31)36)23(24(33)19-8-10-20(29)11-9-19)25(34)26(35)32(28)14-5-13-30-15-17-37-18-16-30/h2-4,6-11,33H,1,5,12-18H2/t28-/m0/s1. The van der Waals surface area contributed by atoms with Crippen molar-refractivity contribution in [1.29, 1.82) is 0 Å². The Morgan fingerprint density at radius 3 is 2.46 bits per heavy atom. The van der Waals surface area contributed by atoms with E-state index in [1.807, 2.05) is 0 Å². The minimum atomic E-state index is -1.84. The molecular weight excluding hydrogens is 477 g/mol. The van der Waals surface area contributed by atoms with E-state index < -0.39 is 34.7 Å². The molecule has 0 aromatic heterocycles. The van der Waals surface area contributed by atoms with Gasteiger partial charge in [0.25, 0.3) is 17.6 Å². The molecule has 1 atom stereocenters. The molecule has 2 fully saturated rings. The summed E-state index contributed by atoms with van der Waals surface area (Å²) >= 11 is 0. The molecule has 2 saturated heterocycles. The predicted molar refractivity (Wildman–Crippen MR) is 135 cm³/mol. The number of ketones is 1. The molecule has 2 amide bonds. The van der Waals surface area contributed by atoms with E-state index in [9.17, 15) is 23.9 Å². The van der Waals surface area contributed by atoms with E-state index in [0.29, 0.717) is 37.4 Å². The molecular formula is C28H28FN3O5. The largest absolute Gasteiger partial charge is 0.507 e. The topological polar surface area (TPSA) is 90.4 Å². The summed E-state index contributed by atoms with van der Waals surface area (Å²) in [5.41, 5.74) is -1.02. The number of carbonyl (C=O) groups excluding carboxylic acids is 3. The van der Waals surface area contributed by atoms with Gasteiger partial charge in [0.05, 0.1) is 24.5 Å². The fourth-order valence-electron chi connectivity index (χ4n) is 5.51. The summed E-state index contributed by atoms with van der Waals surface area (Å²) in [5.74, 6) is -3.35. The van der Waals surface area contributed by atoms with Crippen LogP contribution in [0.5, 0.6) is 0 Å². The van der Waals surface area contributed by atoms with Crippen molar-refractivity contribution in [2.45, 2.75) is 12.0 Å². The van der Waals surface area contributed by atoms with Crippen LogP contribution < -0.4 is 4.90 Å². The first kappa shape index (κ1) is 24.9. The van der Waals surface area contributed by atoms with Crippen molar-refractivity contribution in [2.24, 2.45) is 0 Å². The van der Waals surface area contributed by atoms with Crippen LogP contribution in [-0.2, 0) is 24.7 Å². The van der Waals surface area contributed by atoms with Gasteiger partial charge in [-0.25, -0.2) is 4.39 Å². The number of aliphatic hydroxyl groups excluding tert-OH is 1. The first-order chi connectivity index (χ1) is 17.9. The average molecular weight is 506 g/mol. The molecule has 2 aromatic carbocycles. The van der Waals surface area contributed by atoms with Gasteiger partial charge in [0.15, 0.2) is 5.54 Å². The van der Waals surface area contributed by atoms with Gasteiger partial charge >= 0.3 is 0 Å². The Kier molecular flexibility index (Phi) is 6.66. The molecule has 5 rings (SSSR count). The van der Waals surface area contributed by atoms with Gasteiger partial charge < -0.3 is 19.6 Å². The Morgan fingerprint density at radius 1 is 1.05 bits per heavy atom. The van der Waals surface area contributed by atoms with E-state index in [-0.39, 0.29) is 24.2 Å². The van der Waals surface area contributed by atoms with Gasteiger partial charge in [-0.05, 0) is 36.8 Å². The third kappa shape index (κ3) is 3.95. The summed E-state index contributed by atoms with van der Waals surface area (Å²) in [6.45, 7) is 7.50. The van der Waals surface area contributed by atoms with Crippen LogP contribution >= 0.6 is 0 Å². The van der Waals surface area contributed by atoms with Gasteiger partial charge in [0, 0.05) is 43.9 Å². The number of halogens is 1. The fraction of sp³-hybridized carbons (Fsp3) is 0.321. The molecule has 3 aliphatic heterocycles. The number of hydrogen-bond donors (Lipinski definition) is 1. The highest BCUT2D eigenvalue weighted by molar-refractivity contribution is 6.50. The first-order valence-corrected chi connectivity index (χ1v) is 12.3. The molecule has 37 heavy (non-hydrogen) atoms. The van der Waals surface area contributed by atoms with Crippen LogP contribution in [0.3, 0.4) is 0 Å². The summed E-state index contributed by atoms with van der Waals surface area (Å²) in [7, 11) is 0. The third-order valence-corrected chi connectivity index (χ3v) is 7.20. The third-order valence-electron chi connectivity index (χ3n) is 7.20. The van der Waals surface area contributed by atoms with Crippen LogP contribution in [0.2, 0.25) is 0 Å². The van der Waals surface area contributed by atoms with Gasteiger partial charge in [-0.15, -0.1) is 6.58 Å². The lowest BCUT2D eigenvalue weighted by Gasteiger charge is -2.35. The lowest BCUT2D eigenvalue weighted by molar-refractivity contribution is -0.143. The number of Topliss-reactive ketones (excluding diaryl/α,β-unsaturated/α-hetero) is 1. The molecule has 0 radical (unpaired) electrons. The highest BCUT2D eigenvalue weighted by Crippen LogP contribution is 2.53. The summed E-state index contributed by atoms with van der Waals surface area (Å²) in [6, 6.07) is 11.9. The van der Waals surface area contributed by atoms with Crippen LogP contribution in [0.25, 0.3) is 5.76 Å². The van der Waals surface area contributed by atoms with Gasteiger partial charge in [-0.3, -0.25) is 19.3 Å². The second kappa shape index (κ2) is 9.91. The molecule has 1 spiro atoms. The van der Waals surface area contributed by atoms with Crippen LogP contribution in [0.4, 0.5) is 10.1 Å². The zero-order valence-electron chi connectivity index (χ0n) is 20.4. The fourth-order valence-corrected chi connectivity index (χ4v) is 5.51. The monoisotopic (exact) mass is 505 g/mol. The summed E-state index contributed by atoms with van der Waals surface area (Å²) in [6.07, 6.45) is 2.08. The smallest absolute Gasteiger partial charge is 0.296 e. The number of anilines is 1. The Hall–Kier alpha value is -3.82. The summed E-state index contributed by atoms with van der Waals surface area (Å²) in [4.78, 5) is 46.3. The molecule has 3 heterocycles. The van der Waals surface area contributed by atoms with Crippen molar-refractivity contribution < 1.29 is 28.6 Å². The van der Waals surface area contributed by atoms with Gasteiger partial charge in [0.1, 0.15) is 11.6 Å².